The van der Waals surface area contributed by atoms with E-state index in [1.165, 1.54) is 0 Å². The molecular formula is C17H22N2O3S. The van der Waals surface area contributed by atoms with E-state index in [-0.39, 0.29) is 17.7 Å². The van der Waals surface area contributed by atoms with Crippen molar-refractivity contribution < 1.29 is 14.3 Å². The molecule has 1 aromatic carbocycles. The normalized spacial score (nSPS) is 24.0. The number of nitrogens with zero attached hydrogens (tertiary/aromatic N) is 1. The van der Waals surface area contributed by atoms with Gasteiger partial charge in [-0.3, -0.25) is 9.59 Å². The zero-order chi connectivity index (χ0) is 16.4. The van der Waals surface area contributed by atoms with Crippen molar-refractivity contribution in [2.45, 2.75) is 26.3 Å². The molecule has 124 valence electrons. The number of anilines is 1. The first-order chi connectivity index (χ1) is 11.1. The van der Waals surface area contributed by atoms with Gasteiger partial charge in [0, 0.05) is 18.0 Å². The van der Waals surface area contributed by atoms with Crippen molar-refractivity contribution in [1.29, 1.82) is 0 Å². The summed E-state index contributed by atoms with van der Waals surface area (Å²) in [6, 6.07) is 5.54. The lowest BCUT2D eigenvalue weighted by molar-refractivity contribution is -0.139. The van der Waals surface area contributed by atoms with Crippen molar-refractivity contribution in [2.75, 3.05) is 30.2 Å². The second-order valence-electron chi connectivity index (χ2n) is 6.19. The molecule has 0 bridgehead atoms. The molecule has 2 aliphatic rings. The first kappa shape index (κ1) is 16.3. The largest absolute Gasteiger partial charge is 0.381 e. The highest BCUT2D eigenvalue weighted by Crippen LogP contribution is 2.27. The Morgan fingerprint density at radius 2 is 2.17 bits per heavy atom. The van der Waals surface area contributed by atoms with Crippen LogP contribution < -0.4 is 5.32 Å². The third-order valence-corrected chi connectivity index (χ3v) is 5.40. The topological polar surface area (TPSA) is 58.6 Å². The molecule has 0 saturated carbocycles. The third-order valence-electron chi connectivity index (χ3n) is 4.39. The molecule has 2 atom stereocenters. The number of ether oxygens (including phenoxy) is 1. The molecule has 1 aromatic rings. The van der Waals surface area contributed by atoms with Crippen molar-refractivity contribution in [3.63, 3.8) is 0 Å². The van der Waals surface area contributed by atoms with Gasteiger partial charge in [0.05, 0.1) is 18.4 Å². The quantitative estimate of drug-likeness (QED) is 0.920. The van der Waals surface area contributed by atoms with Crippen molar-refractivity contribution in [2.24, 2.45) is 5.92 Å². The van der Waals surface area contributed by atoms with Crippen molar-refractivity contribution >= 4 is 29.3 Å². The number of nitrogens with one attached hydrogen (secondary N) is 1. The Kier molecular flexibility index (Phi) is 4.92. The first-order valence-corrected chi connectivity index (χ1v) is 9.06. The average Bonchev–Trinajstić information content (AvgIpc) is 3.20. The van der Waals surface area contributed by atoms with Crippen LogP contribution in [0.25, 0.3) is 0 Å². The molecule has 5 nitrogen and oxygen atoms in total. The summed E-state index contributed by atoms with van der Waals surface area (Å²) in [6.45, 7) is 5.11. The Hall–Kier alpha value is -1.53. The van der Waals surface area contributed by atoms with Crippen LogP contribution in [0.5, 0.6) is 0 Å². The highest BCUT2D eigenvalue weighted by Gasteiger charge is 2.38. The lowest BCUT2D eigenvalue weighted by Gasteiger charge is -2.25. The molecule has 6 heteroatoms. The van der Waals surface area contributed by atoms with Crippen molar-refractivity contribution in [3.05, 3.63) is 29.3 Å². The van der Waals surface area contributed by atoms with E-state index < -0.39 is 6.04 Å². The van der Waals surface area contributed by atoms with Crippen molar-refractivity contribution in [1.82, 2.24) is 4.90 Å². The molecule has 2 heterocycles. The molecule has 0 aromatic heterocycles. The van der Waals surface area contributed by atoms with E-state index in [2.05, 4.69) is 5.32 Å². The highest BCUT2D eigenvalue weighted by atomic mass is 32.2. The van der Waals surface area contributed by atoms with Gasteiger partial charge in [-0.25, -0.2) is 0 Å². The molecule has 2 saturated heterocycles. The zero-order valence-corrected chi connectivity index (χ0v) is 14.3. The monoisotopic (exact) mass is 334 g/mol. The van der Waals surface area contributed by atoms with Gasteiger partial charge in [-0.1, -0.05) is 17.7 Å². The number of rotatable bonds is 3. The van der Waals surface area contributed by atoms with Gasteiger partial charge in [0.2, 0.25) is 11.8 Å². The van der Waals surface area contributed by atoms with Gasteiger partial charge < -0.3 is 15.0 Å². The lowest BCUT2D eigenvalue weighted by Crippen LogP contribution is -2.47. The number of benzene rings is 1. The van der Waals surface area contributed by atoms with E-state index in [9.17, 15) is 9.59 Å². The molecule has 23 heavy (non-hydrogen) atoms. The molecule has 2 fully saturated rings. The van der Waals surface area contributed by atoms with E-state index >= 15 is 0 Å². The van der Waals surface area contributed by atoms with E-state index in [0.29, 0.717) is 24.8 Å². The van der Waals surface area contributed by atoms with Gasteiger partial charge >= 0.3 is 0 Å². The Morgan fingerprint density at radius 1 is 1.35 bits per heavy atom. The zero-order valence-electron chi connectivity index (χ0n) is 13.5. The summed E-state index contributed by atoms with van der Waals surface area (Å²) in [4.78, 5) is 26.9. The van der Waals surface area contributed by atoms with E-state index in [4.69, 9.17) is 4.74 Å². The fourth-order valence-electron chi connectivity index (χ4n) is 3.01. The Labute approximate surface area is 140 Å². The number of amides is 2. The number of carbonyl (C=O) groups is 2. The molecular weight excluding hydrogens is 312 g/mol. The van der Waals surface area contributed by atoms with E-state index in [0.717, 1.165) is 23.2 Å². The van der Waals surface area contributed by atoms with Crippen LogP contribution in [0, 0.1) is 19.8 Å². The SMILES string of the molecule is Cc1ccc(NC(=O)C2CSCN2C(=O)C2CCOC2)c(C)c1. The lowest BCUT2D eigenvalue weighted by atomic mass is 10.1. The maximum atomic E-state index is 12.6. The second-order valence-corrected chi connectivity index (χ2v) is 7.19. The predicted molar refractivity (Wildman–Crippen MR) is 91.4 cm³/mol. The van der Waals surface area contributed by atoms with Crippen LogP contribution in [0.4, 0.5) is 5.69 Å². The Morgan fingerprint density at radius 3 is 2.87 bits per heavy atom. The fraction of sp³-hybridized carbons (Fsp3) is 0.529. The van der Waals surface area contributed by atoms with Gasteiger partial charge in [-0.05, 0) is 31.9 Å². The number of carbonyl (C=O) groups excluding carboxylic acids is 2. The van der Waals surface area contributed by atoms with Crippen LogP contribution in [0.1, 0.15) is 17.5 Å². The summed E-state index contributed by atoms with van der Waals surface area (Å²) < 4.78 is 5.30. The smallest absolute Gasteiger partial charge is 0.248 e. The van der Waals surface area contributed by atoms with Gasteiger partial charge in [0.1, 0.15) is 6.04 Å². The Bertz CT molecular complexity index is 614. The van der Waals surface area contributed by atoms with Crippen LogP contribution in [-0.2, 0) is 14.3 Å². The standard InChI is InChI=1S/C17H22N2O3S/c1-11-3-4-14(12(2)7-11)18-16(20)15-9-23-10-19(15)17(21)13-5-6-22-8-13/h3-4,7,13,15H,5-6,8-10H2,1-2H3,(H,18,20). The summed E-state index contributed by atoms with van der Waals surface area (Å²) in [5.74, 6) is 1.09. The molecule has 2 amide bonds. The van der Waals surface area contributed by atoms with Crippen LogP contribution in [0.3, 0.4) is 0 Å². The first-order valence-electron chi connectivity index (χ1n) is 7.90. The molecule has 2 aliphatic heterocycles. The van der Waals surface area contributed by atoms with Crippen LogP contribution in [0.2, 0.25) is 0 Å². The molecule has 1 N–H and O–H groups in total. The number of thioether (sulfide) groups is 1. The van der Waals surface area contributed by atoms with E-state index in [1.54, 1.807) is 16.7 Å². The number of aryl methyl sites for hydroxylation is 2. The predicted octanol–water partition coefficient (Wildman–Crippen LogP) is 2.18. The molecule has 3 rings (SSSR count). The van der Waals surface area contributed by atoms with Crippen LogP contribution >= 0.6 is 11.8 Å². The van der Waals surface area contributed by atoms with Gasteiger partial charge in [0.15, 0.2) is 0 Å². The average molecular weight is 334 g/mol. The minimum absolute atomic E-state index is 0.0493. The third kappa shape index (κ3) is 3.53. The minimum atomic E-state index is -0.395. The number of hydrogen-bond donors (Lipinski definition) is 1. The summed E-state index contributed by atoms with van der Waals surface area (Å²) in [5.41, 5.74) is 3.01. The minimum Gasteiger partial charge on any atom is -0.381 e. The van der Waals surface area contributed by atoms with E-state index in [1.807, 2.05) is 32.0 Å². The number of hydrogen-bond acceptors (Lipinski definition) is 4. The van der Waals surface area contributed by atoms with Gasteiger partial charge in [0.25, 0.3) is 0 Å². The maximum absolute atomic E-state index is 12.6. The van der Waals surface area contributed by atoms with Crippen LogP contribution in [0.15, 0.2) is 18.2 Å². The summed E-state index contributed by atoms with van der Waals surface area (Å²) in [6.07, 6.45) is 0.755. The summed E-state index contributed by atoms with van der Waals surface area (Å²) in [5, 5.41) is 2.98. The molecule has 0 spiro atoms. The van der Waals surface area contributed by atoms with Crippen LogP contribution in [-0.4, -0.2) is 47.6 Å². The fourth-order valence-corrected chi connectivity index (χ4v) is 4.17. The van der Waals surface area contributed by atoms with Gasteiger partial charge in [-0.2, -0.15) is 0 Å². The molecule has 0 radical (unpaired) electrons. The molecule has 0 aliphatic carbocycles. The maximum Gasteiger partial charge on any atom is 0.248 e. The summed E-state index contributed by atoms with van der Waals surface area (Å²) in [7, 11) is 0. The Balaban J connectivity index is 1.69. The van der Waals surface area contributed by atoms with Gasteiger partial charge in [-0.15, -0.1) is 11.8 Å². The van der Waals surface area contributed by atoms with Crippen molar-refractivity contribution in [3.8, 4) is 0 Å². The second kappa shape index (κ2) is 6.93. The molecule has 2 unspecified atom stereocenters. The highest BCUT2D eigenvalue weighted by molar-refractivity contribution is 7.99. The summed E-state index contributed by atoms with van der Waals surface area (Å²) >= 11 is 1.63.